The number of nitrogens with zero attached hydrogens (tertiary/aromatic N) is 2. The van der Waals surface area contributed by atoms with Gasteiger partial charge in [-0.1, -0.05) is 12.1 Å². The molecule has 0 aliphatic heterocycles. The molecule has 148 valence electrons. The second-order valence-electron chi connectivity index (χ2n) is 6.45. The van der Waals surface area contributed by atoms with Gasteiger partial charge in [-0.3, -0.25) is 9.89 Å². The number of hydrogen-bond donors (Lipinski definition) is 1. The van der Waals surface area contributed by atoms with E-state index in [2.05, 4.69) is 10.1 Å². The van der Waals surface area contributed by atoms with Crippen LogP contribution in [0.1, 0.15) is 11.3 Å². The Morgan fingerprint density at radius 2 is 1.69 bits per heavy atom. The highest BCUT2D eigenvalue weighted by Gasteiger charge is 2.30. The van der Waals surface area contributed by atoms with Crippen molar-refractivity contribution in [3.8, 4) is 22.4 Å². The number of H-pyrrole nitrogens is 1. The Morgan fingerprint density at radius 1 is 1.00 bits per heavy atom. The van der Waals surface area contributed by atoms with Crippen molar-refractivity contribution in [3.63, 3.8) is 0 Å². The maximum Gasteiger partial charge on any atom is 0.416 e. The van der Waals surface area contributed by atoms with Crippen molar-refractivity contribution in [2.75, 3.05) is 0 Å². The summed E-state index contributed by atoms with van der Waals surface area (Å²) >= 11 is 0. The van der Waals surface area contributed by atoms with Gasteiger partial charge >= 0.3 is 6.18 Å². The van der Waals surface area contributed by atoms with Gasteiger partial charge in [0.2, 0.25) is 0 Å². The van der Waals surface area contributed by atoms with Gasteiger partial charge in [0.15, 0.2) is 5.65 Å². The van der Waals surface area contributed by atoms with Crippen molar-refractivity contribution in [2.24, 2.45) is 0 Å². The second-order valence-corrected chi connectivity index (χ2v) is 6.45. The molecule has 29 heavy (non-hydrogen) atoms. The van der Waals surface area contributed by atoms with E-state index in [0.29, 0.717) is 11.3 Å². The lowest BCUT2D eigenvalue weighted by atomic mass is 10.0. The van der Waals surface area contributed by atoms with E-state index in [0.717, 1.165) is 34.8 Å². The molecule has 0 saturated carbocycles. The molecule has 2 aromatic carbocycles. The van der Waals surface area contributed by atoms with Crippen LogP contribution in [0, 0.1) is 18.6 Å². The lowest BCUT2D eigenvalue weighted by molar-refractivity contribution is -0.137. The van der Waals surface area contributed by atoms with Crippen LogP contribution in [0.5, 0.6) is 0 Å². The average molecular weight is 405 g/mol. The van der Waals surface area contributed by atoms with Crippen molar-refractivity contribution in [2.45, 2.75) is 13.1 Å². The van der Waals surface area contributed by atoms with Crippen LogP contribution in [-0.4, -0.2) is 14.6 Å². The quantitative estimate of drug-likeness (QED) is 0.479. The molecule has 4 rings (SSSR count). The number of fused-ring (bicyclic) bond motifs is 1. The van der Waals surface area contributed by atoms with Crippen molar-refractivity contribution in [1.82, 2.24) is 14.6 Å². The Morgan fingerprint density at radius 3 is 2.31 bits per heavy atom. The van der Waals surface area contributed by atoms with Crippen LogP contribution in [0.25, 0.3) is 28.0 Å². The van der Waals surface area contributed by atoms with E-state index in [4.69, 9.17) is 0 Å². The zero-order valence-electron chi connectivity index (χ0n) is 14.8. The topological polar surface area (TPSA) is 50.2 Å². The Kier molecular flexibility index (Phi) is 4.25. The van der Waals surface area contributed by atoms with E-state index in [9.17, 15) is 26.7 Å². The lowest BCUT2D eigenvalue weighted by Gasteiger charge is -2.08. The van der Waals surface area contributed by atoms with Gasteiger partial charge in [0.1, 0.15) is 11.6 Å². The molecule has 0 spiro atoms. The number of aromatic amines is 1. The van der Waals surface area contributed by atoms with Gasteiger partial charge in [0.25, 0.3) is 5.56 Å². The molecule has 0 bridgehead atoms. The highest BCUT2D eigenvalue weighted by Crippen LogP contribution is 2.32. The summed E-state index contributed by atoms with van der Waals surface area (Å²) < 4.78 is 67.0. The Balaban J connectivity index is 1.92. The maximum atomic E-state index is 14.3. The van der Waals surface area contributed by atoms with Crippen LogP contribution in [0.15, 0.2) is 53.3 Å². The molecule has 1 N–H and O–H groups in total. The van der Waals surface area contributed by atoms with E-state index < -0.39 is 28.9 Å². The molecule has 2 heterocycles. The largest absolute Gasteiger partial charge is 0.416 e. The number of aromatic nitrogens is 3. The molecule has 0 amide bonds. The highest BCUT2D eigenvalue weighted by atomic mass is 19.4. The number of benzene rings is 2. The lowest BCUT2D eigenvalue weighted by Crippen LogP contribution is -2.14. The summed E-state index contributed by atoms with van der Waals surface area (Å²) in [6.07, 6.45) is -4.49. The summed E-state index contributed by atoms with van der Waals surface area (Å²) in [4.78, 5) is 16.8. The first-order chi connectivity index (χ1) is 13.6. The van der Waals surface area contributed by atoms with Gasteiger partial charge in [-0.2, -0.15) is 13.2 Å². The molecule has 0 aliphatic carbocycles. The van der Waals surface area contributed by atoms with Crippen molar-refractivity contribution in [3.05, 3.63) is 81.8 Å². The molecule has 2 aromatic heterocycles. The second kappa shape index (κ2) is 6.54. The normalized spacial score (nSPS) is 11.9. The minimum absolute atomic E-state index is 0.0409. The van der Waals surface area contributed by atoms with E-state index in [1.54, 1.807) is 6.92 Å². The summed E-state index contributed by atoms with van der Waals surface area (Å²) in [6, 6.07) is 8.39. The number of nitrogens with one attached hydrogen (secondary N) is 1. The summed E-state index contributed by atoms with van der Waals surface area (Å²) in [5.74, 6) is -1.58. The first-order valence-corrected chi connectivity index (χ1v) is 8.40. The van der Waals surface area contributed by atoms with Gasteiger partial charge in [-0.15, -0.1) is 0 Å². The molecule has 0 radical (unpaired) electrons. The molecule has 4 nitrogen and oxygen atoms in total. The number of alkyl halides is 3. The molecule has 0 fully saturated rings. The number of aryl methyl sites for hydroxylation is 1. The molecule has 9 heteroatoms. The van der Waals surface area contributed by atoms with E-state index in [-0.39, 0.29) is 22.5 Å². The van der Waals surface area contributed by atoms with Gasteiger partial charge < -0.3 is 0 Å². The summed E-state index contributed by atoms with van der Waals surface area (Å²) in [6.45, 7) is 1.60. The van der Waals surface area contributed by atoms with Gasteiger partial charge in [-0.25, -0.2) is 18.3 Å². The third-order valence-corrected chi connectivity index (χ3v) is 4.51. The summed E-state index contributed by atoms with van der Waals surface area (Å²) in [5.41, 5.74) is -0.131. The number of hydrogen-bond acceptors (Lipinski definition) is 2. The van der Waals surface area contributed by atoms with Crippen LogP contribution in [-0.2, 0) is 6.18 Å². The van der Waals surface area contributed by atoms with Gasteiger partial charge in [0.05, 0.1) is 11.3 Å². The number of halogens is 5. The monoisotopic (exact) mass is 405 g/mol. The minimum Gasteiger partial charge on any atom is -0.293 e. The van der Waals surface area contributed by atoms with Crippen LogP contribution in [0.2, 0.25) is 0 Å². The average Bonchev–Trinajstić information content (AvgIpc) is 2.98. The van der Waals surface area contributed by atoms with Crippen molar-refractivity contribution < 1.29 is 22.0 Å². The Bertz CT molecular complexity index is 1290. The molecular weight excluding hydrogens is 393 g/mol. The molecule has 0 atom stereocenters. The number of rotatable bonds is 2. The smallest absolute Gasteiger partial charge is 0.293 e. The van der Waals surface area contributed by atoms with Crippen LogP contribution >= 0.6 is 0 Å². The fourth-order valence-corrected chi connectivity index (χ4v) is 3.14. The summed E-state index contributed by atoms with van der Waals surface area (Å²) in [5, 5.41) is 2.78. The predicted molar refractivity (Wildman–Crippen MR) is 96.3 cm³/mol. The first-order valence-electron chi connectivity index (χ1n) is 8.40. The summed E-state index contributed by atoms with van der Waals surface area (Å²) in [7, 11) is 0. The van der Waals surface area contributed by atoms with Crippen LogP contribution in [0.4, 0.5) is 22.0 Å². The zero-order chi connectivity index (χ0) is 20.9. The van der Waals surface area contributed by atoms with E-state index >= 15 is 0 Å². The minimum atomic E-state index is -4.49. The molecule has 0 aliphatic rings. The van der Waals surface area contributed by atoms with E-state index in [1.165, 1.54) is 18.2 Å². The van der Waals surface area contributed by atoms with E-state index in [1.807, 2.05) is 0 Å². The predicted octanol–water partition coefficient (Wildman–Crippen LogP) is 4.96. The van der Waals surface area contributed by atoms with Crippen LogP contribution in [0.3, 0.4) is 0 Å². The Labute approximate surface area is 160 Å². The standard InChI is InChI=1S/C20H12F5N3O/c1-10-18(14-7-6-13(21)8-15(14)22)19-26-16(9-17(29)28(19)27-10)11-2-4-12(5-3-11)20(23,24)25/h2-9,27H,1H3. The fraction of sp³-hybridized carbons (Fsp3) is 0.100. The molecule has 0 saturated heterocycles. The van der Waals surface area contributed by atoms with Crippen LogP contribution < -0.4 is 5.56 Å². The first kappa shape index (κ1) is 18.9. The molecule has 0 unspecified atom stereocenters. The van der Waals surface area contributed by atoms with Crippen molar-refractivity contribution >= 4 is 5.65 Å². The van der Waals surface area contributed by atoms with Gasteiger partial charge in [-0.05, 0) is 31.2 Å². The Hall–Kier alpha value is -3.49. The highest BCUT2D eigenvalue weighted by molar-refractivity contribution is 5.81. The maximum absolute atomic E-state index is 14.3. The third kappa shape index (κ3) is 3.28. The fourth-order valence-electron chi connectivity index (χ4n) is 3.14. The van der Waals surface area contributed by atoms with Gasteiger partial charge in [0, 0.05) is 34.5 Å². The molecular formula is C20H12F5N3O. The zero-order valence-corrected chi connectivity index (χ0v) is 14.8. The van der Waals surface area contributed by atoms with Crippen molar-refractivity contribution in [1.29, 1.82) is 0 Å². The third-order valence-electron chi connectivity index (χ3n) is 4.51. The molecule has 4 aromatic rings. The SMILES string of the molecule is Cc1[nH]n2c(=O)cc(-c3ccc(C(F)(F)F)cc3)nc2c1-c1ccc(F)cc1F.